The van der Waals surface area contributed by atoms with Crippen LogP contribution in [-0.4, -0.2) is 12.6 Å². The highest BCUT2D eigenvalue weighted by molar-refractivity contribution is 5.86. The molecule has 0 unspecified atom stereocenters. The lowest BCUT2D eigenvalue weighted by atomic mass is 10.1. The summed E-state index contributed by atoms with van der Waals surface area (Å²) < 4.78 is 36.2. The summed E-state index contributed by atoms with van der Waals surface area (Å²) in [6, 6.07) is 1.83. The van der Waals surface area contributed by atoms with Gasteiger partial charge < -0.3 is 9.15 Å². The maximum absolute atomic E-state index is 13.5. The number of furan rings is 1. The van der Waals surface area contributed by atoms with Crippen LogP contribution in [0.5, 0.6) is 0 Å². The lowest BCUT2D eigenvalue weighted by Crippen LogP contribution is -2.07. The van der Waals surface area contributed by atoms with Crippen LogP contribution >= 0.6 is 0 Å². The summed E-state index contributed by atoms with van der Waals surface area (Å²) in [5, 5.41) is 0.124. The van der Waals surface area contributed by atoms with Gasteiger partial charge in [0.25, 0.3) is 0 Å². The van der Waals surface area contributed by atoms with Crippen molar-refractivity contribution in [1.82, 2.24) is 0 Å². The average molecular weight is 240 g/mol. The van der Waals surface area contributed by atoms with Crippen LogP contribution in [0, 0.1) is 11.6 Å². The number of rotatable bonds is 3. The second-order valence-electron chi connectivity index (χ2n) is 3.50. The Morgan fingerprint density at radius 1 is 1.41 bits per heavy atom. The summed E-state index contributed by atoms with van der Waals surface area (Å²) in [6.45, 7) is 1.94. The van der Waals surface area contributed by atoms with Crippen molar-refractivity contribution >= 4 is 16.9 Å². The molecule has 2 aromatic rings. The topological polar surface area (TPSA) is 39.4 Å². The molecule has 0 bridgehead atoms. The summed E-state index contributed by atoms with van der Waals surface area (Å²) in [7, 11) is 0. The van der Waals surface area contributed by atoms with Crippen molar-refractivity contribution in [1.29, 1.82) is 0 Å². The summed E-state index contributed by atoms with van der Waals surface area (Å²) in [5.41, 5.74) is 0.442. The van der Waals surface area contributed by atoms with Gasteiger partial charge in [0.2, 0.25) is 0 Å². The Balaban J connectivity index is 2.39. The number of ether oxygens (including phenoxy) is 1. The Kier molecular flexibility index (Phi) is 3.08. The van der Waals surface area contributed by atoms with E-state index in [-0.39, 0.29) is 24.0 Å². The fourth-order valence-corrected chi connectivity index (χ4v) is 1.65. The van der Waals surface area contributed by atoms with Gasteiger partial charge in [-0.2, -0.15) is 0 Å². The molecule has 1 aromatic heterocycles. The molecule has 1 aromatic carbocycles. The van der Waals surface area contributed by atoms with Gasteiger partial charge in [-0.3, -0.25) is 4.79 Å². The minimum Gasteiger partial charge on any atom is -0.466 e. The average Bonchev–Trinajstić information content (AvgIpc) is 2.61. The van der Waals surface area contributed by atoms with Gasteiger partial charge >= 0.3 is 5.97 Å². The second kappa shape index (κ2) is 4.53. The third kappa shape index (κ3) is 2.27. The third-order valence-electron chi connectivity index (χ3n) is 2.31. The first-order valence-corrected chi connectivity index (χ1v) is 5.12. The number of benzene rings is 1. The maximum atomic E-state index is 13.5. The molecule has 90 valence electrons. The van der Waals surface area contributed by atoms with Gasteiger partial charge in [0.05, 0.1) is 24.7 Å². The number of halogens is 2. The van der Waals surface area contributed by atoms with Crippen molar-refractivity contribution in [2.24, 2.45) is 0 Å². The predicted molar refractivity (Wildman–Crippen MR) is 56.5 cm³/mol. The Bertz CT molecular complexity index is 560. The molecule has 0 fully saturated rings. The zero-order valence-corrected chi connectivity index (χ0v) is 9.13. The molecule has 2 rings (SSSR count). The molecule has 0 aliphatic heterocycles. The molecular weight excluding hydrogens is 230 g/mol. The lowest BCUT2D eigenvalue weighted by molar-refractivity contribution is -0.142. The Morgan fingerprint density at radius 3 is 2.88 bits per heavy atom. The smallest absolute Gasteiger partial charge is 0.310 e. The van der Waals surface area contributed by atoms with Crippen molar-refractivity contribution in [2.45, 2.75) is 13.3 Å². The number of fused-ring (bicyclic) bond motifs is 1. The third-order valence-corrected chi connectivity index (χ3v) is 2.31. The van der Waals surface area contributed by atoms with Gasteiger partial charge in [-0.25, -0.2) is 8.78 Å². The van der Waals surface area contributed by atoms with Crippen LogP contribution in [0.2, 0.25) is 0 Å². The van der Waals surface area contributed by atoms with E-state index in [2.05, 4.69) is 0 Å². The van der Waals surface area contributed by atoms with Crippen molar-refractivity contribution in [2.75, 3.05) is 6.61 Å². The van der Waals surface area contributed by atoms with Gasteiger partial charge in [0.15, 0.2) is 0 Å². The Hall–Kier alpha value is -1.91. The van der Waals surface area contributed by atoms with Crippen LogP contribution in [0.4, 0.5) is 8.78 Å². The first kappa shape index (κ1) is 11.6. The van der Waals surface area contributed by atoms with E-state index < -0.39 is 17.6 Å². The monoisotopic (exact) mass is 240 g/mol. The van der Waals surface area contributed by atoms with E-state index >= 15 is 0 Å². The Labute approximate surface area is 96.0 Å². The van der Waals surface area contributed by atoms with Crippen molar-refractivity contribution < 1.29 is 22.7 Å². The summed E-state index contributed by atoms with van der Waals surface area (Å²) >= 11 is 0. The highest BCUT2D eigenvalue weighted by Crippen LogP contribution is 2.25. The summed E-state index contributed by atoms with van der Waals surface area (Å²) in [5.74, 6) is -1.93. The SMILES string of the molecule is CCOC(=O)Cc1coc2cc(F)cc(F)c12. The number of esters is 1. The summed E-state index contributed by atoms with van der Waals surface area (Å²) in [6.07, 6.45) is 1.15. The number of carbonyl (C=O) groups excluding carboxylic acids is 1. The van der Waals surface area contributed by atoms with E-state index in [1.54, 1.807) is 6.92 Å². The van der Waals surface area contributed by atoms with E-state index in [1.165, 1.54) is 6.26 Å². The largest absolute Gasteiger partial charge is 0.466 e. The first-order chi connectivity index (χ1) is 8.11. The Morgan fingerprint density at radius 2 is 2.18 bits per heavy atom. The van der Waals surface area contributed by atoms with Crippen LogP contribution < -0.4 is 0 Å². The number of hydrogen-bond donors (Lipinski definition) is 0. The molecular formula is C12H10F2O3. The highest BCUT2D eigenvalue weighted by Gasteiger charge is 2.15. The van der Waals surface area contributed by atoms with Gasteiger partial charge in [0.1, 0.15) is 17.2 Å². The van der Waals surface area contributed by atoms with Gasteiger partial charge in [0, 0.05) is 17.7 Å². The van der Waals surface area contributed by atoms with E-state index in [4.69, 9.17) is 9.15 Å². The van der Waals surface area contributed by atoms with Crippen LogP contribution in [0.15, 0.2) is 22.8 Å². The molecule has 17 heavy (non-hydrogen) atoms. The summed E-state index contributed by atoms with van der Waals surface area (Å²) in [4.78, 5) is 11.3. The van der Waals surface area contributed by atoms with Gasteiger partial charge in [-0.1, -0.05) is 0 Å². The van der Waals surface area contributed by atoms with Crippen molar-refractivity contribution in [3.8, 4) is 0 Å². The zero-order chi connectivity index (χ0) is 12.4. The fraction of sp³-hybridized carbons (Fsp3) is 0.250. The maximum Gasteiger partial charge on any atom is 0.310 e. The number of carbonyl (C=O) groups is 1. The molecule has 0 radical (unpaired) electrons. The lowest BCUT2D eigenvalue weighted by Gasteiger charge is -2.00. The molecule has 0 aliphatic rings. The molecule has 0 amide bonds. The standard InChI is InChI=1S/C12H10F2O3/c1-2-16-11(15)3-7-6-17-10-5-8(13)4-9(14)12(7)10/h4-6H,2-3H2,1H3. The van der Waals surface area contributed by atoms with Crippen molar-refractivity contribution in [3.63, 3.8) is 0 Å². The normalized spacial score (nSPS) is 10.8. The molecule has 0 N–H and O–H groups in total. The van der Waals surface area contributed by atoms with Crippen LogP contribution in [0.1, 0.15) is 12.5 Å². The number of hydrogen-bond acceptors (Lipinski definition) is 3. The highest BCUT2D eigenvalue weighted by atomic mass is 19.1. The van der Waals surface area contributed by atoms with E-state index in [0.29, 0.717) is 5.56 Å². The van der Waals surface area contributed by atoms with E-state index in [9.17, 15) is 13.6 Å². The quantitative estimate of drug-likeness (QED) is 0.774. The molecule has 0 spiro atoms. The minimum atomic E-state index is -0.743. The predicted octanol–water partition coefficient (Wildman–Crippen LogP) is 2.82. The van der Waals surface area contributed by atoms with Gasteiger partial charge in [-0.05, 0) is 6.92 Å². The second-order valence-corrected chi connectivity index (χ2v) is 3.50. The van der Waals surface area contributed by atoms with E-state index in [1.807, 2.05) is 0 Å². The molecule has 5 heteroatoms. The molecule has 0 saturated carbocycles. The molecule has 0 atom stereocenters. The molecule has 1 heterocycles. The molecule has 0 aliphatic carbocycles. The van der Waals surface area contributed by atoms with Crippen molar-refractivity contribution in [3.05, 3.63) is 35.6 Å². The first-order valence-electron chi connectivity index (χ1n) is 5.12. The minimum absolute atomic E-state index is 0.0850. The zero-order valence-electron chi connectivity index (χ0n) is 9.13. The fourth-order valence-electron chi connectivity index (χ4n) is 1.65. The molecule has 3 nitrogen and oxygen atoms in total. The van der Waals surface area contributed by atoms with Crippen LogP contribution in [0.3, 0.4) is 0 Å². The van der Waals surface area contributed by atoms with Crippen LogP contribution in [0.25, 0.3) is 11.0 Å². The molecule has 0 saturated heterocycles. The van der Waals surface area contributed by atoms with E-state index in [0.717, 1.165) is 12.1 Å². The van der Waals surface area contributed by atoms with Gasteiger partial charge in [-0.15, -0.1) is 0 Å². The van der Waals surface area contributed by atoms with Crippen LogP contribution in [-0.2, 0) is 16.0 Å².